The molecule has 2 N–H and O–H groups in total. The molecule has 2 aromatic rings. The van der Waals surface area contributed by atoms with Gasteiger partial charge in [-0.15, -0.1) is 0 Å². The molecule has 6 heteroatoms. The number of rotatable bonds is 3. The molecule has 3 heterocycles. The predicted molar refractivity (Wildman–Crippen MR) is 70.9 cm³/mol. The fourth-order valence-electron chi connectivity index (χ4n) is 2.61. The van der Waals surface area contributed by atoms with Crippen LogP contribution in [-0.4, -0.2) is 32.1 Å². The van der Waals surface area contributed by atoms with E-state index in [1.54, 1.807) is 24.8 Å². The zero-order chi connectivity index (χ0) is 13.9. The summed E-state index contributed by atoms with van der Waals surface area (Å²) in [6.45, 7) is 0. The minimum absolute atomic E-state index is 0.0419. The first kappa shape index (κ1) is 12.7. The Kier molecular flexibility index (Phi) is 3.39. The van der Waals surface area contributed by atoms with Gasteiger partial charge in [-0.3, -0.25) is 25.1 Å². The monoisotopic (exact) mass is 270 g/mol. The Morgan fingerprint density at radius 3 is 2.70 bits per heavy atom. The number of pyridine rings is 1. The van der Waals surface area contributed by atoms with Crippen LogP contribution in [-0.2, 0) is 4.79 Å². The third kappa shape index (κ3) is 2.37. The third-order valence-electron chi connectivity index (χ3n) is 3.54. The van der Waals surface area contributed by atoms with Crippen molar-refractivity contribution in [2.45, 2.75) is 24.4 Å². The topological polar surface area (TPSA) is 88.0 Å². The summed E-state index contributed by atoms with van der Waals surface area (Å²) in [5.41, 5.74) is 1.62. The minimum Gasteiger partial charge on any atom is -0.480 e. The van der Waals surface area contributed by atoms with E-state index in [0.717, 1.165) is 11.4 Å². The van der Waals surface area contributed by atoms with Crippen LogP contribution in [0, 0.1) is 0 Å². The maximum atomic E-state index is 11.2. The van der Waals surface area contributed by atoms with Crippen LogP contribution in [0.3, 0.4) is 0 Å². The molecule has 0 aliphatic carbocycles. The Labute approximate surface area is 115 Å². The summed E-state index contributed by atoms with van der Waals surface area (Å²) in [4.78, 5) is 23.9. The van der Waals surface area contributed by atoms with Crippen LogP contribution in [0.1, 0.15) is 29.8 Å². The molecule has 0 spiro atoms. The molecule has 3 atom stereocenters. The van der Waals surface area contributed by atoms with E-state index in [4.69, 9.17) is 0 Å². The fourth-order valence-corrected chi connectivity index (χ4v) is 2.61. The number of nitrogens with one attached hydrogen (secondary N) is 1. The Morgan fingerprint density at radius 1 is 1.20 bits per heavy atom. The lowest BCUT2D eigenvalue weighted by molar-refractivity contribution is -0.139. The highest BCUT2D eigenvalue weighted by Crippen LogP contribution is 2.38. The Balaban J connectivity index is 1.95. The van der Waals surface area contributed by atoms with Gasteiger partial charge in [-0.05, 0) is 18.6 Å². The minimum atomic E-state index is -0.850. The molecule has 20 heavy (non-hydrogen) atoms. The van der Waals surface area contributed by atoms with Crippen molar-refractivity contribution in [2.75, 3.05) is 0 Å². The van der Waals surface area contributed by atoms with Crippen LogP contribution in [0.5, 0.6) is 0 Å². The van der Waals surface area contributed by atoms with Crippen molar-refractivity contribution >= 4 is 5.97 Å². The molecule has 0 saturated carbocycles. The molecule has 0 amide bonds. The second kappa shape index (κ2) is 5.34. The number of hydrogen-bond donors (Lipinski definition) is 2. The number of aromatic nitrogens is 3. The van der Waals surface area contributed by atoms with Gasteiger partial charge in [0.25, 0.3) is 0 Å². The summed E-state index contributed by atoms with van der Waals surface area (Å²) in [5, 5.41) is 12.3. The van der Waals surface area contributed by atoms with Crippen molar-refractivity contribution in [1.82, 2.24) is 20.3 Å². The molecule has 0 aromatic carbocycles. The average molecular weight is 270 g/mol. The quantitative estimate of drug-likeness (QED) is 0.869. The second-order valence-electron chi connectivity index (χ2n) is 4.76. The van der Waals surface area contributed by atoms with Gasteiger partial charge in [0.05, 0.1) is 17.4 Å². The third-order valence-corrected chi connectivity index (χ3v) is 3.54. The maximum Gasteiger partial charge on any atom is 0.320 e. The molecule has 1 aliphatic heterocycles. The molecule has 0 bridgehead atoms. The van der Waals surface area contributed by atoms with Crippen LogP contribution in [0.2, 0.25) is 0 Å². The summed E-state index contributed by atoms with van der Waals surface area (Å²) in [7, 11) is 0. The van der Waals surface area contributed by atoms with E-state index in [1.165, 1.54) is 0 Å². The molecular weight excluding hydrogens is 256 g/mol. The highest BCUT2D eigenvalue weighted by molar-refractivity contribution is 5.74. The number of hydrogen-bond acceptors (Lipinski definition) is 5. The van der Waals surface area contributed by atoms with E-state index in [1.807, 2.05) is 18.2 Å². The number of nitrogens with zero attached hydrogens (tertiary/aromatic N) is 3. The molecule has 6 nitrogen and oxygen atoms in total. The predicted octanol–water partition coefficient (Wildman–Crippen LogP) is 1.14. The first-order chi connectivity index (χ1) is 9.75. The number of aliphatic carboxylic acids is 1. The summed E-state index contributed by atoms with van der Waals surface area (Å²) in [5.74, 6) is -0.892. The van der Waals surface area contributed by atoms with Gasteiger partial charge < -0.3 is 5.11 Å². The average Bonchev–Trinajstić information content (AvgIpc) is 2.94. The van der Waals surface area contributed by atoms with Gasteiger partial charge in [0.1, 0.15) is 6.04 Å². The van der Waals surface area contributed by atoms with Crippen molar-refractivity contribution < 1.29 is 9.90 Å². The SMILES string of the molecule is O=C(O)C1CC(c2cnccn2)C(c2ccccn2)N1. The van der Waals surface area contributed by atoms with Crippen LogP contribution < -0.4 is 5.32 Å². The fraction of sp³-hybridized carbons (Fsp3) is 0.286. The van der Waals surface area contributed by atoms with Crippen molar-refractivity contribution in [3.8, 4) is 0 Å². The van der Waals surface area contributed by atoms with E-state index in [2.05, 4.69) is 20.3 Å². The molecule has 2 aromatic heterocycles. The second-order valence-corrected chi connectivity index (χ2v) is 4.76. The van der Waals surface area contributed by atoms with Crippen molar-refractivity contribution in [3.05, 3.63) is 54.4 Å². The smallest absolute Gasteiger partial charge is 0.320 e. The zero-order valence-corrected chi connectivity index (χ0v) is 10.7. The van der Waals surface area contributed by atoms with E-state index in [0.29, 0.717) is 6.42 Å². The largest absolute Gasteiger partial charge is 0.480 e. The summed E-state index contributed by atoms with van der Waals surface area (Å²) in [6, 6.07) is 4.88. The normalized spacial score (nSPS) is 25.5. The molecule has 0 radical (unpaired) electrons. The summed E-state index contributed by atoms with van der Waals surface area (Å²) < 4.78 is 0. The highest BCUT2D eigenvalue weighted by Gasteiger charge is 2.40. The van der Waals surface area contributed by atoms with Gasteiger partial charge in [-0.25, -0.2) is 0 Å². The van der Waals surface area contributed by atoms with Crippen LogP contribution in [0.15, 0.2) is 43.0 Å². The molecule has 3 rings (SSSR count). The molecular formula is C14H14N4O2. The molecule has 102 valence electrons. The van der Waals surface area contributed by atoms with Gasteiger partial charge in [0.2, 0.25) is 0 Å². The van der Waals surface area contributed by atoms with Gasteiger partial charge in [-0.2, -0.15) is 0 Å². The highest BCUT2D eigenvalue weighted by atomic mass is 16.4. The zero-order valence-electron chi connectivity index (χ0n) is 10.7. The van der Waals surface area contributed by atoms with Crippen LogP contribution in [0.4, 0.5) is 0 Å². The lowest BCUT2D eigenvalue weighted by atomic mass is 9.93. The van der Waals surface area contributed by atoms with Gasteiger partial charge in [-0.1, -0.05) is 6.07 Å². The Morgan fingerprint density at radius 2 is 2.05 bits per heavy atom. The first-order valence-electron chi connectivity index (χ1n) is 6.41. The Bertz CT molecular complexity index is 543. The van der Waals surface area contributed by atoms with Crippen LogP contribution in [0.25, 0.3) is 0 Å². The number of carboxylic acids is 1. The van der Waals surface area contributed by atoms with Gasteiger partial charge in [0.15, 0.2) is 0 Å². The van der Waals surface area contributed by atoms with E-state index in [9.17, 15) is 9.90 Å². The first-order valence-corrected chi connectivity index (χ1v) is 6.41. The molecule has 1 aliphatic rings. The van der Waals surface area contributed by atoms with E-state index in [-0.39, 0.29) is 12.0 Å². The molecule has 1 saturated heterocycles. The summed E-state index contributed by atoms with van der Waals surface area (Å²) in [6.07, 6.45) is 7.11. The van der Waals surface area contributed by atoms with Gasteiger partial charge >= 0.3 is 5.97 Å². The summed E-state index contributed by atoms with van der Waals surface area (Å²) >= 11 is 0. The Hall–Kier alpha value is -2.34. The molecule has 1 fully saturated rings. The van der Waals surface area contributed by atoms with Crippen molar-refractivity contribution in [2.24, 2.45) is 0 Å². The van der Waals surface area contributed by atoms with Crippen molar-refractivity contribution in [3.63, 3.8) is 0 Å². The van der Waals surface area contributed by atoms with Crippen LogP contribution >= 0.6 is 0 Å². The van der Waals surface area contributed by atoms with Crippen molar-refractivity contribution in [1.29, 1.82) is 0 Å². The number of carbonyl (C=O) groups is 1. The number of carboxylic acid groups (broad SMARTS) is 1. The maximum absolute atomic E-state index is 11.2. The lowest BCUT2D eigenvalue weighted by Crippen LogP contribution is -2.32. The lowest BCUT2D eigenvalue weighted by Gasteiger charge is -2.17. The molecule has 3 unspecified atom stereocenters. The van der Waals surface area contributed by atoms with E-state index < -0.39 is 12.0 Å². The van der Waals surface area contributed by atoms with E-state index >= 15 is 0 Å². The standard InChI is InChI=1S/C14H14N4O2/c19-14(20)11-7-9(12-8-15-5-6-17-12)13(18-11)10-3-1-2-4-16-10/h1-6,8-9,11,13,18H,7H2,(H,19,20). The van der Waals surface area contributed by atoms with Gasteiger partial charge in [0, 0.05) is 30.7 Å².